The molecule has 0 saturated heterocycles. The lowest BCUT2D eigenvalue weighted by molar-refractivity contribution is 0.489. The summed E-state index contributed by atoms with van der Waals surface area (Å²) in [7, 11) is -3.88. The van der Waals surface area contributed by atoms with Gasteiger partial charge >= 0.3 is 0 Å². The topological polar surface area (TPSA) is 58.2 Å². The Labute approximate surface area is 135 Å². The van der Waals surface area contributed by atoms with Gasteiger partial charge in [0.1, 0.15) is 10.7 Å². The fourth-order valence-corrected chi connectivity index (χ4v) is 4.07. The van der Waals surface area contributed by atoms with E-state index in [-0.39, 0.29) is 17.5 Å². The minimum Gasteiger partial charge on any atom is -0.308 e. The van der Waals surface area contributed by atoms with Gasteiger partial charge in [0.15, 0.2) is 0 Å². The molecule has 122 valence electrons. The van der Waals surface area contributed by atoms with Gasteiger partial charge in [-0.15, -0.1) is 0 Å². The van der Waals surface area contributed by atoms with E-state index in [0.717, 1.165) is 18.5 Å². The molecular weight excluding hydrogens is 315 g/mol. The van der Waals surface area contributed by atoms with Crippen molar-refractivity contribution in [3.63, 3.8) is 0 Å². The van der Waals surface area contributed by atoms with Crippen LogP contribution in [0.2, 0.25) is 0 Å². The van der Waals surface area contributed by atoms with Crippen LogP contribution in [0.15, 0.2) is 47.4 Å². The van der Waals surface area contributed by atoms with E-state index in [1.807, 2.05) is 18.2 Å². The van der Waals surface area contributed by atoms with Gasteiger partial charge in [0.25, 0.3) is 0 Å². The molecule has 1 heterocycles. The highest BCUT2D eigenvalue weighted by atomic mass is 32.2. The van der Waals surface area contributed by atoms with E-state index in [2.05, 4.69) is 16.1 Å². The molecular formula is C17H19FN2O2S. The molecule has 1 aliphatic rings. The minimum atomic E-state index is -3.88. The van der Waals surface area contributed by atoms with Crippen molar-refractivity contribution in [2.45, 2.75) is 24.3 Å². The van der Waals surface area contributed by atoms with Crippen molar-refractivity contribution in [1.29, 1.82) is 0 Å². The first-order chi connectivity index (χ1) is 11.0. The van der Waals surface area contributed by atoms with Crippen molar-refractivity contribution < 1.29 is 12.8 Å². The molecule has 4 nitrogen and oxygen atoms in total. The zero-order chi connectivity index (χ0) is 16.4. The predicted molar refractivity (Wildman–Crippen MR) is 87.2 cm³/mol. The standard InChI is InChI=1S/C17H19FN2O2S/c1-12-6-7-15(18)17(10-12)23(21,22)20-11-16-14-5-3-2-4-13(14)8-9-19-16/h2-7,10,16,19-20H,8-9,11H2,1H3. The normalized spacial score (nSPS) is 17.7. The van der Waals surface area contributed by atoms with Crippen molar-refractivity contribution in [3.8, 4) is 0 Å². The summed E-state index contributed by atoms with van der Waals surface area (Å²) < 4.78 is 41.1. The van der Waals surface area contributed by atoms with E-state index >= 15 is 0 Å². The van der Waals surface area contributed by atoms with Crippen LogP contribution in [-0.2, 0) is 16.4 Å². The van der Waals surface area contributed by atoms with Crippen molar-refractivity contribution in [2.24, 2.45) is 0 Å². The first kappa shape index (κ1) is 16.1. The van der Waals surface area contributed by atoms with Crippen LogP contribution >= 0.6 is 0 Å². The van der Waals surface area contributed by atoms with Gasteiger partial charge in [-0.05, 0) is 48.7 Å². The zero-order valence-electron chi connectivity index (χ0n) is 12.8. The third-order valence-electron chi connectivity index (χ3n) is 4.07. The molecule has 1 atom stereocenters. The second kappa shape index (κ2) is 6.39. The number of hydrogen-bond donors (Lipinski definition) is 2. The minimum absolute atomic E-state index is 0.109. The van der Waals surface area contributed by atoms with Crippen LogP contribution in [0.4, 0.5) is 4.39 Å². The summed E-state index contributed by atoms with van der Waals surface area (Å²) >= 11 is 0. The van der Waals surface area contributed by atoms with Crippen LogP contribution in [0.25, 0.3) is 0 Å². The predicted octanol–water partition coefficient (Wildman–Crippen LogP) is 2.30. The van der Waals surface area contributed by atoms with Gasteiger partial charge in [0.05, 0.1) is 0 Å². The molecule has 0 bridgehead atoms. The molecule has 0 radical (unpaired) electrons. The Hall–Kier alpha value is -1.76. The molecule has 6 heteroatoms. The SMILES string of the molecule is Cc1ccc(F)c(S(=O)(=O)NCC2NCCc3ccccc32)c1. The van der Waals surface area contributed by atoms with Gasteiger partial charge in [0.2, 0.25) is 10.0 Å². The van der Waals surface area contributed by atoms with E-state index in [1.54, 1.807) is 13.0 Å². The fourth-order valence-electron chi connectivity index (χ4n) is 2.86. The Morgan fingerprint density at radius 3 is 2.87 bits per heavy atom. The average molecular weight is 334 g/mol. The van der Waals surface area contributed by atoms with E-state index in [1.165, 1.54) is 17.7 Å². The lowest BCUT2D eigenvalue weighted by Crippen LogP contribution is -2.39. The summed E-state index contributed by atoms with van der Waals surface area (Å²) in [5, 5.41) is 3.30. The third kappa shape index (κ3) is 3.44. The van der Waals surface area contributed by atoms with Crippen LogP contribution in [-0.4, -0.2) is 21.5 Å². The Bertz CT molecular complexity index is 821. The number of fused-ring (bicyclic) bond motifs is 1. The van der Waals surface area contributed by atoms with E-state index < -0.39 is 15.8 Å². The maximum Gasteiger partial charge on any atom is 0.243 e. The van der Waals surface area contributed by atoms with Crippen molar-refractivity contribution in [1.82, 2.24) is 10.0 Å². The smallest absolute Gasteiger partial charge is 0.243 e. The van der Waals surface area contributed by atoms with Crippen LogP contribution in [0, 0.1) is 12.7 Å². The third-order valence-corrected chi connectivity index (χ3v) is 5.51. The van der Waals surface area contributed by atoms with Crippen molar-refractivity contribution in [3.05, 3.63) is 65.0 Å². The largest absolute Gasteiger partial charge is 0.308 e. The maximum absolute atomic E-state index is 13.8. The molecule has 23 heavy (non-hydrogen) atoms. The molecule has 2 N–H and O–H groups in total. The molecule has 0 amide bonds. The van der Waals surface area contributed by atoms with Crippen molar-refractivity contribution >= 4 is 10.0 Å². The zero-order valence-corrected chi connectivity index (χ0v) is 13.7. The lowest BCUT2D eigenvalue weighted by Gasteiger charge is -2.27. The molecule has 0 spiro atoms. The Kier molecular flexibility index (Phi) is 4.48. The number of nitrogens with one attached hydrogen (secondary N) is 2. The van der Waals surface area contributed by atoms with Gasteiger partial charge < -0.3 is 5.32 Å². The quantitative estimate of drug-likeness (QED) is 0.902. The molecule has 0 fully saturated rings. The molecule has 2 aromatic rings. The summed E-state index contributed by atoms with van der Waals surface area (Å²) in [4.78, 5) is -0.304. The lowest BCUT2D eigenvalue weighted by atomic mass is 9.95. The summed E-state index contributed by atoms with van der Waals surface area (Å²) in [6.45, 7) is 2.71. The first-order valence-electron chi connectivity index (χ1n) is 7.54. The van der Waals surface area contributed by atoms with Gasteiger partial charge in [-0.3, -0.25) is 0 Å². The van der Waals surface area contributed by atoms with E-state index in [9.17, 15) is 12.8 Å². The number of rotatable bonds is 4. The number of aryl methyl sites for hydroxylation is 1. The van der Waals surface area contributed by atoms with E-state index in [0.29, 0.717) is 5.56 Å². The number of hydrogen-bond acceptors (Lipinski definition) is 3. The van der Waals surface area contributed by atoms with E-state index in [4.69, 9.17) is 0 Å². The van der Waals surface area contributed by atoms with Gasteiger partial charge in [0, 0.05) is 12.6 Å². The monoisotopic (exact) mass is 334 g/mol. The molecule has 2 aromatic carbocycles. The number of benzene rings is 2. The summed E-state index contributed by atoms with van der Waals surface area (Å²) in [6.07, 6.45) is 0.923. The summed E-state index contributed by atoms with van der Waals surface area (Å²) in [5.41, 5.74) is 3.01. The van der Waals surface area contributed by atoms with Gasteiger partial charge in [-0.1, -0.05) is 30.3 Å². The average Bonchev–Trinajstić information content (AvgIpc) is 2.55. The number of sulfonamides is 1. The molecule has 1 unspecified atom stereocenters. The molecule has 1 aliphatic heterocycles. The summed E-state index contributed by atoms with van der Waals surface area (Å²) in [5.74, 6) is -0.736. The highest BCUT2D eigenvalue weighted by Gasteiger charge is 2.24. The second-order valence-electron chi connectivity index (χ2n) is 5.74. The molecule has 0 saturated carbocycles. The number of halogens is 1. The molecule has 0 aromatic heterocycles. The fraction of sp³-hybridized carbons (Fsp3) is 0.294. The van der Waals surface area contributed by atoms with Crippen LogP contribution in [0.5, 0.6) is 0 Å². The van der Waals surface area contributed by atoms with Crippen LogP contribution in [0.3, 0.4) is 0 Å². The molecule has 3 rings (SSSR count). The maximum atomic E-state index is 13.8. The first-order valence-corrected chi connectivity index (χ1v) is 9.03. The Morgan fingerprint density at radius 1 is 1.26 bits per heavy atom. The Balaban J connectivity index is 1.79. The van der Waals surface area contributed by atoms with Crippen molar-refractivity contribution in [2.75, 3.05) is 13.1 Å². The second-order valence-corrected chi connectivity index (χ2v) is 7.48. The Morgan fingerprint density at radius 2 is 2.04 bits per heavy atom. The summed E-state index contributed by atoms with van der Waals surface area (Å²) in [6, 6.07) is 11.9. The van der Waals surface area contributed by atoms with Gasteiger partial charge in [-0.25, -0.2) is 17.5 Å². The van der Waals surface area contributed by atoms with Crippen LogP contribution in [0.1, 0.15) is 22.7 Å². The highest BCUT2D eigenvalue weighted by Crippen LogP contribution is 2.23. The molecule has 0 aliphatic carbocycles. The van der Waals surface area contributed by atoms with Gasteiger partial charge in [-0.2, -0.15) is 0 Å². The van der Waals surface area contributed by atoms with Crippen LogP contribution < -0.4 is 10.0 Å². The highest BCUT2D eigenvalue weighted by molar-refractivity contribution is 7.89.